The Morgan fingerprint density at radius 3 is 1.31 bits per heavy atom. The van der Waals surface area contributed by atoms with E-state index in [9.17, 15) is 0 Å². The van der Waals surface area contributed by atoms with Gasteiger partial charge in [-0.25, -0.2) is 0 Å². The summed E-state index contributed by atoms with van der Waals surface area (Å²) in [5.41, 5.74) is 11.4. The molecule has 2 heterocycles. The standard InChI is InChI=1S/C30H32O2S2Si2/c1-31-27-19-21-18-26(24-10-14-34-30(24)12-16-36(6,7)8)28(32-2)20-22(21)17-25(27)23-9-13-33-29(23)11-15-35(3,4)5/h9-10,13-14,17-20H,1-8H3. The van der Waals surface area contributed by atoms with E-state index < -0.39 is 16.1 Å². The number of thiophene rings is 2. The van der Waals surface area contributed by atoms with Gasteiger partial charge in [-0.05, 0) is 57.9 Å². The second kappa shape index (κ2) is 10.3. The summed E-state index contributed by atoms with van der Waals surface area (Å²) in [6.45, 7) is 13.6. The van der Waals surface area contributed by atoms with E-state index in [-0.39, 0.29) is 0 Å². The average Bonchev–Trinajstić information content (AvgIpc) is 3.48. The van der Waals surface area contributed by atoms with Gasteiger partial charge in [-0.2, -0.15) is 0 Å². The van der Waals surface area contributed by atoms with E-state index in [4.69, 9.17) is 9.47 Å². The van der Waals surface area contributed by atoms with E-state index >= 15 is 0 Å². The van der Waals surface area contributed by atoms with Crippen molar-refractivity contribution < 1.29 is 9.47 Å². The number of hydrogen-bond acceptors (Lipinski definition) is 4. The van der Waals surface area contributed by atoms with Crippen LogP contribution in [-0.4, -0.2) is 30.4 Å². The molecule has 0 saturated heterocycles. The predicted molar refractivity (Wildman–Crippen MR) is 164 cm³/mol. The molecule has 184 valence electrons. The summed E-state index contributed by atoms with van der Waals surface area (Å²) in [6.07, 6.45) is 0. The molecule has 4 rings (SSSR count). The number of benzene rings is 2. The molecule has 0 spiro atoms. The van der Waals surface area contributed by atoms with E-state index in [2.05, 4.69) is 109 Å². The van der Waals surface area contributed by atoms with Crippen LogP contribution in [0.2, 0.25) is 39.3 Å². The van der Waals surface area contributed by atoms with Gasteiger partial charge in [-0.15, -0.1) is 33.8 Å². The number of ether oxygens (including phenoxy) is 2. The third-order valence-electron chi connectivity index (χ3n) is 5.49. The predicted octanol–water partition coefficient (Wildman–Crippen LogP) is 8.77. The fourth-order valence-electron chi connectivity index (χ4n) is 3.79. The minimum Gasteiger partial charge on any atom is -0.496 e. The Hall–Kier alpha value is -2.75. The Bertz CT molecular complexity index is 1420. The molecule has 0 aliphatic rings. The van der Waals surface area contributed by atoms with Crippen molar-refractivity contribution in [3.63, 3.8) is 0 Å². The van der Waals surface area contributed by atoms with Crippen LogP contribution in [0.4, 0.5) is 0 Å². The zero-order chi connectivity index (χ0) is 26.1. The monoisotopic (exact) mass is 544 g/mol. The molecule has 4 aromatic rings. The molecule has 0 atom stereocenters. The fraction of sp³-hybridized carbons (Fsp3) is 0.267. The second-order valence-electron chi connectivity index (χ2n) is 10.8. The Morgan fingerprint density at radius 2 is 0.972 bits per heavy atom. The molecule has 0 bridgehead atoms. The largest absolute Gasteiger partial charge is 0.496 e. The molecule has 0 amide bonds. The summed E-state index contributed by atoms with van der Waals surface area (Å²) in [5, 5.41) is 6.42. The van der Waals surface area contributed by atoms with Crippen molar-refractivity contribution in [1.29, 1.82) is 0 Å². The van der Waals surface area contributed by atoms with Crippen molar-refractivity contribution in [2.75, 3.05) is 14.2 Å². The lowest BCUT2D eigenvalue weighted by Crippen LogP contribution is -2.16. The Morgan fingerprint density at radius 1 is 0.583 bits per heavy atom. The van der Waals surface area contributed by atoms with Gasteiger partial charge in [0.1, 0.15) is 27.6 Å². The van der Waals surface area contributed by atoms with E-state index in [1.807, 2.05) is 0 Å². The Balaban J connectivity index is 1.87. The minimum atomic E-state index is -1.48. The zero-order valence-corrected chi connectivity index (χ0v) is 25.9. The molecule has 2 aromatic heterocycles. The molecule has 0 aliphatic heterocycles. The van der Waals surface area contributed by atoms with E-state index in [1.165, 1.54) is 0 Å². The van der Waals surface area contributed by atoms with E-state index in [0.717, 1.165) is 54.3 Å². The maximum absolute atomic E-state index is 5.88. The summed E-state index contributed by atoms with van der Waals surface area (Å²) in [7, 11) is 0.512. The molecule has 0 aliphatic carbocycles. The molecule has 0 saturated carbocycles. The van der Waals surface area contributed by atoms with Crippen LogP contribution in [0.25, 0.3) is 33.0 Å². The molecule has 2 nitrogen and oxygen atoms in total. The highest BCUT2D eigenvalue weighted by Crippen LogP contribution is 2.42. The molecule has 2 aromatic carbocycles. The topological polar surface area (TPSA) is 18.5 Å². The molecule has 0 fully saturated rings. The molecule has 0 N–H and O–H groups in total. The van der Waals surface area contributed by atoms with Gasteiger partial charge in [-0.3, -0.25) is 0 Å². The van der Waals surface area contributed by atoms with E-state index in [0.29, 0.717) is 0 Å². The Labute approximate surface area is 225 Å². The molecule has 0 unspecified atom stereocenters. The van der Waals surface area contributed by atoms with Gasteiger partial charge in [0.25, 0.3) is 0 Å². The summed E-state index contributed by atoms with van der Waals surface area (Å²) >= 11 is 3.37. The van der Waals surface area contributed by atoms with Crippen molar-refractivity contribution in [3.05, 3.63) is 56.9 Å². The highest BCUT2D eigenvalue weighted by atomic mass is 32.1. The highest BCUT2D eigenvalue weighted by molar-refractivity contribution is 7.11. The molecular weight excluding hydrogens is 513 g/mol. The number of fused-ring (bicyclic) bond motifs is 1. The van der Waals surface area contributed by atoms with Gasteiger partial charge < -0.3 is 9.47 Å². The molecule has 36 heavy (non-hydrogen) atoms. The van der Waals surface area contributed by atoms with Crippen LogP contribution in [-0.2, 0) is 0 Å². The van der Waals surface area contributed by atoms with Crippen molar-refractivity contribution in [3.8, 4) is 56.7 Å². The first-order valence-electron chi connectivity index (χ1n) is 11.9. The molecule has 0 radical (unpaired) electrons. The SMILES string of the molecule is COc1cc2cc(-c3ccsc3C#C[Si](C)(C)C)c(OC)cc2cc1-c1ccsc1C#C[Si](C)(C)C. The normalized spacial score (nSPS) is 11.4. The summed E-state index contributed by atoms with van der Waals surface area (Å²) in [6, 6.07) is 12.9. The third-order valence-corrected chi connectivity index (χ3v) is 8.90. The first-order valence-corrected chi connectivity index (χ1v) is 20.7. The maximum Gasteiger partial charge on any atom is 0.129 e. The van der Waals surface area contributed by atoms with Gasteiger partial charge in [0, 0.05) is 22.3 Å². The van der Waals surface area contributed by atoms with Crippen molar-refractivity contribution >= 4 is 49.6 Å². The average molecular weight is 545 g/mol. The maximum atomic E-state index is 5.88. The van der Waals surface area contributed by atoms with Gasteiger partial charge in [0.2, 0.25) is 0 Å². The van der Waals surface area contributed by atoms with Crippen molar-refractivity contribution in [2.24, 2.45) is 0 Å². The van der Waals surface area contributed by atoms with Crippen LogP contribution >= 0.6 is 22.7 Å². The van der Waals surface area contributed by atoms with Gasteiger partial charge in [-0.1, -0.05) is 51.1 Å². The highest BCUT2D eigenvalue weighted by Gasteiger charge is 2.18. The quantitative estimate of drug-likeness (QED) is 0.189. The first-order chi connectivity index (χ1) is 17.0. The van der Waals surface area contributed by atoms with E-state index in [1.54, 1.807) is 36.9 Å². The van der Waals surface area contributed by atoms with Crippen LogP contribution in [0.3, 0.4) is 0 Å². The lowest BCUT2D eigenvalue weighted by Gasteiger charge is -2.14. The van der Waals surface area contributed by atoms with Gasteiger partial charge >= 0.3 is 0 Å². The minimum absolute atomic E-state index is 0.845. The molecule has 6 heteroatoms. The first kappa shape index (κ1) is 26.3. The second-order valence-corrected chi connectivity index (χ2v) is 22.1. The Kier molecular flexibility index (Phi) is 7.54. The summed E-state index contributed by atoms with van der Waals surface area (Å²) in [5.74, 6) is 8.59. The van der Waals surface area contributed by atoms with Gasteiger partial charge in [0.15, 0.2) is 0 Å². The van der Waals surface area contributed by atoms with Crippen LogP contribution in [0.1, 0.15) is 9.75 Å². The zero-order valence-electron chi connectivity index (χ0n) is 22.3. The summed E-state index contributed by atoms with van der Waals surface area (Å²) < 4.78 is 11.8. The fourth-order valence-corrected chi connectivity index (χ4v) is 6.48. The van der Waals surface area contributed by atoms with Crippen LogP contribution in [0.5, 0.6) is 11.5 Å². The van der Waals surface area contributed by atoms with Gasteiger partial charge in [0.05, 0.1) is 24.0 Å². The number of methoxy groups -OCH3 is 2. The van der Waals surface area contributed by atoms with Crippen LogP contribution in [0, 0.1) is 22.9 Å². The lowest BCUT2D eigenvalue weighted by molar-refractivity contribution is 0.416. The van der Waals surface area contributed by atoms with Crippen LogP contribution < -0.4 is 9.47 Å². The lowest BCUT2D eigenvalue weighted by atomic mass is 9.96. The summed E-state index contributed by atoms with van der Waals surface area (Å²) in [4.78, 5) is 2.17. The van der Waals surface area contributed by atoms with Crippen molar-refractivity contribution in [1.82, 2.24) is 0 Å². The smallest absolute Gasteiger partial charge is 0.129 e. The molecular formula is C30H32O2S2Si2. The van der Waals surface area contributed by atoms with Crippen molar-refractivity contribution in [2.45, 2.75) is 39.3 Å². The number of rotatable bonds is 4. The number of hydrogen-bond donors (Lipinski definition) is 0. The third kappa shape index (κ3) is 5.96. The van der Waals surface area contributed by atoms with Crippen LogP contribution in [0.15, 0.2) is 47.2 Å².